The average molecular weight is 235 g/mol. The third-order valence-corrected chi connectivity index (χ3v) is 2.97. The molecule has 0 bridgehead atoms. The quantitative estimate of drug-likeness (QED) is 0.510. The van der Waals surface area contributed by atoms with Crippen molar-refractivity contribution < 1.29 is 19.8 Å². The molecule has 0 aliphatic carbocycles. The summed E-state index contributed by atoms with van der Waals surface area (Å²) >= 11 is 1.50. The van der Waals surface area contributed by atoms with Crippen molar-refractivity contribution in [1.82, 2.24) is 0 Å². The minimum Gasteiger partial charge on any atom is -0.481 e. The van der Waals surface area contributed by atoms with E-state index in [2.05, 4.69) is 0 Å². The normalized spacial score (nSPS) is 12.3. The van der Waals surface area contributed by atoms with E-state index in [9.17, 15) is 9.59 Å². The van der Waals surface area contributed by atoms with E-state index in [1.807, 2.05) is 0 Å². The molecule has 0 amide bonds. The van der Waals surface area contributed by atoms with Gasteiger partial charge >= 0.3 is 11.9 Å². The fourth-order valence-electron chi connectivity index (χ4n) is 0.939. The highest BCUT2D eigenvalue weighted by molar-refractivity contribution is 7.99. The van der Waals surface area contributed by atoms with E-state index in [4.69, 9.17) is 15.9 Å². The molecule has 0 aromatic carbocycles. The Bertz CT molecular complexity index is 210. The van der Waals surface area contributed by atoms with Gasteiger partial charge in [0.2, 0.25) is 0 Å². The summed E-state index contributed by atoms with van der Waals surface area (Å²) in [6.45, 7) is 0. The smallest absolute Gasteiger partial charge is 0.321 e. The lowest BCUT2D eigenvalue weighted by atomic mass is 10.2. The highest BCUT2D eigenvalue weighted by atomic mass is 32.2. The maximum Gasteiger partial charge on any atom is 0.321 e. The summed E-state index contributed by atoms with van der Waals surface area (Å²) in [5, 5.41) is 16.8. The van der Waals surface area contributed by atoms with E-state index < -0.39 is 18.0 Å². The van der Waals surface area contributed by atoms with E-state index >= 15 is 0 Å². The van der Waals surface area contributed by atoms with Crippen molar-refractivity contribution in [2.75, 3.05) is 11.5 Å². The summed E-state index contributed by atoms with van der Waals surface area (Å²) in [5.41, 5.74) is 5.30. The largest absolute Gasteiger partial charge is 0.481 e. The molecule has 0 aliphatic rings. The molecule has 0 aliphatic heterocycles. The Labute approximate surface area is 93.0 Å². The monoisotopic (exact) mass is 235 g/mol. The Kier molecular flexibility index (Phi) is 8.12. The van der Waals surface area contributed by atoms with Crippen molar-refractivity contribution in [1.29, 1.82) is 0 Å². The lowest BCUT2D eigenvalue weighted by Gasteiger charge is -2.05. The van der Waals surface area contributed by atoms with E-state index in [1.54, 1.807) is 0 Å². The van der Waals surface area contributed by atoms with Crippen LogP contribution >= 0.6 is 11.8 Å². The molecule has 4 N–H and O–H groups in total. The van der Waals surface area contributed by atoms with Crippen LogP contribution in [0.25, 0.3) is 0 Å². The van der Waals surface area contributed by atoms with Gasteiger partial charge in [-0.25, -0.2) is 0 Å². The minimum atomic E-state index is -0.978. The topological polar surface area (TPSA) is 101 Å². The van der Waals surface area contributed by atoms with Gasteiger partial charge in [-0.05, 0) is 18.6 Å². The molecule has 0 fully saturated rings. The van der Waals surface area contributed by atoms with Crippen molar-refractivity contribution in [2.45, 2.75) is 31.7 Å². The lowest BCUT2D eigenvalue weighted by Crippen LogP contribution is -2.32. The highest BCUT2D eigenvalue weighted by Gasteiger charge is 2.10. The van der Waals surface area contributed by atoms with Crippen molar-refractivity contribution >= 4 is 23.7 Å². The van der Waals surface area contributed by atoms with Crippen LogP contribution in [0.1, 0.15) is 25.7 Å². The SMILES string of the molecule is NC(CSCCCCCC(=O)O)C(=O)O. The van der Waals surface area contributed by atoms with Gasteiger partial charge in [-0.1, -0.05) is 6.42 Å². The molecule has 0 rings (SSSR count). The van der Waals surface area contributed by atoms with Crippen LogP contribution < -0.4 is 5.73 Å². The number of carboxylic acids is 2. The van der Waals surface area contributed by atoms with Crippen LogP contribution in [0.3, 0.4) is 0 Å². The van der Waals surface area contributed by atoms with Gasteiger partial charge in [-0.3, -0.25) is 9.59 Å². The van der Waals surface area contributed by atoms with E-state index in [1.165, 1.54) is 11.8 Å². The molecule has 0 saturated carbocycles. The van der Waals surface area contributed by atoms with Gasteiger partial charge in [0.15, 0.2) is 0 Å². The zero-order valence-corrected chi connectivity index (χ0v) is 9.33. The van der Waals surface area contributed by atoms with Gasteiger partial charge < -0.3 is 15.9 Å². The molecule has 5 nitrogen and oxygen atoms in total. The van der Waals surface area contributed by atoms with Crippen LogP contribution in [-0.2, 0) is 9.59 Å². The first-order valence-electron chi connectivity index (χ1n) is 4.82. The van der Waals surface area contributed by atoms with E-state index in [-0.39, 0.29) is 6.42 Å². The molecule has 1 unspecified atom stereocenters. The Morgan fingerprint density at radius 2 is 1.87 bits per heavy atom. The zero-order chi connectivity index (χ0) is 11.7. The van der Waals surface area contributed by atoms with Crippen molar-refractivity contribution in [3.8, 4) is 0 Å². The summed E-state index contributed by atoms with van der Waals surface area (Å²) < 4.78 is 0. The molecular weight excluding hydrogens is 218 g/mol. The van der Waals surface area contributed by atoms with Crippen LogP contribution in [0.4, 0.5) is 0 Å². The van der Waals surface area contributed by atoms with E-state index in [0.29, 0.717) is 12.2 Å². The van der Waals surface area contributed by atoms with Crippen LogP contribution in [-0.4, -0.2) is 39.7 Å². The Balaban J connectivity index is 3.18. The first-order chi connectivity index (χ1) is 7.04. The first-order valence-corrected chi connectivity index (χ1v) is 5.97. The number of thioether (sulfide) groups is 1. The number of hydrogen-bond acceptors (Lipinski definition) is 4. The fourth-order valence-corrected chi connectivity index (χ4v) is 1.91. The second-order valence-corrected chi connectivity index (χ2v) is 4.37. The molecule has 0 radical (unpaired) electrons. The van der Waals surface area contributed by atoms with Gasteiger partial charge in [-0.15, -0.1) is 0 Å². The predicted octanol–water partition coefficient (Wildman–Crippen LogP) is 0.776. The minimum absolute atomic E-state index is 0.208. The number of rotatable bonds is 9. The summed E-state index contributed by atoms with van der Waals surface area (Å²) in [6, 6.07) is -0.797. The number of nitrogens with two attached hydrogens (primary N) is 1. The molecular formula is C9H17NO4S. The maximum absolute atomic E-state index is 10.3. The number of carbonyl (C=O) groups is 2. The Hall–Kier alpha value is -0.750. The predicted molar refractivity (Wildman–Crippen MR) is 59.0 cm³/mol. The van der Waals surface area contributed by atoms with Crippen molar-refractivity contribution in [3.63, 3.8) is 0 Å². The van der Waals surface area contributed by atoms with Gasteiger partial charge in [0.05, 0.1) is 0 Å². The molecule has 0 saturated heterocycles. The van der Waals surface area contributed by atoms with Gasteiger partial charge in [0.25, 0.3) is 0 Å². The Morgan fingerprint density at radius 1 is 1.20 bits per heavy atom. The van der Waals surface area contributed by atoms with Gasteiger partial charge in [0, 0.05) is 12.2 Å². The third-order valence-electron chi connectivity index (χ3n) is 1.79. The highest BCUT2D eigenvalue weighted by Crippen LogP contribution is 2.08. The van der Waals surface area contributed by atoms with Crippen molar-refractivity contribution in [3.05, 3.63) is 0 Å². The standard InChI is InChI=1S/C9H17NO4S/c10-7(9(13)14)6-15-5-3-1-2-4-8(11)12/h7H,1-6,10H2,(H,11,12)(H,13,14). The van der Waals surface area contributed by atoms with Crippen molar-refractivity contribution in [2.24, 2.45) is 5.73 Å². The summed E-state index contributed by atoms with van der Waals surface area (Å²) in [6.07, 6.45) is 2.66. The van der Waals surface area contributed by atoms with E-state index in [0.717, 1.165) is 18.6 Å². The summed E-state index contributed by atoms with van der Waals surface area (Å²) in [7, 11) is 0. The second kappa shape index (κ2) is 8.55. The zero-order valence-electron chi connectivity index (χ0n) is 8.52. The molecule has 0 aromatic heterocycles. The van der Waals surface area contributed by atoms with Crippen LogP contribution in [0.2, 0.25) is 0 Å². The average Bonchev–Trinajstić information content (AvgIpc) is 2.15. The van der Waals surface area contributed by atoms with Crippen LogP contribution in [0.15, 0.2) is 0 Å². The fraction of sp³-hybridized carbons (Fsp3) is 0.778. The molecule has 0 aromatic rings. The molecule has 15 heavy (non-hydrogen) atoms. The molecule has 1 atom stereocenters. The number of carboxylic acid groups (broad SMARTS) is 2. The Morgan fingerprint density at radius 3 is 2.40 bits per heavy atom. The molecule has 88 valence electrons. The van der Waals surface area contributed by atoms with Gasteiger partial charge in [-0.2, -0.15) is 11.8 Å². The van der Waals surface area contributed by atoms with Gasteiger partial charge in [0.1, 0.15) is 6.04 Å². The molecule has 6 heteroatoms. The maximum atomic E-state index is 10.3. The lowest BCUT2D eigenvalue weighted by molar-refractivity contribution is -0.138. The number of unbranched alkanes of at least 4 members (excludes halogenated alkanes) is 2. The first kappa shape index (κ1) is 14.2. The summed E-state index contributed by atoms with van der Waals surface area (Å²) in [4.78, 5) is 20.5. The number of aliphatic carboxylic acids is 2. The summed E-state index contributed by atoms with van der Waals surface area (Å²) in [5.74, 6) is -0.501. The number of hydrogen-bond donors (Lipinski definition) is 3. The van der Waals surface area contributed by atoms with Crippen LogP contribution in [0, 0.1) is 0 Å². The molecule has 0 spiro atoms. The molecule has 0 heterocycles. The second-order valence-electron chi connectivity index (χ2n) is 3.22. The van der Waals surface area contributed by atoms with Crippen LogP contribution in [0.5, 0.6) is 0 Å². The third kappa shape index (κ3) is 9.55.